The first kappa shape index (κ1) is 26.6. The lowest BCUT2D eigenvalue weighted by Gasteiger charge is -2.22. The highest BCUT2D eigenvalue weighted by Crippen LogP contribution is 2.22. The molecule has 0 aromatic heterocycles. The summed E-state index contributed by atoms with van der Waals surface area (Å²) < 4.78 is 16.7. The van der Waals surface area contributed by atoms with Gasteiger partial charge in [0.05, 0.1) is 13.5 Å². The summed E-state index contributed by atoms with van der Waals surface area (Å²) in [5.41, 5.74) is 2.16. The monoisotopic (exact) mass is 474 g/mol. The van der Waals surface area contributed by atoms with Gasteiger partial charge < -0.3 is 19.1 Å². The minimum atomic E-state index is -1.21. The first-order valence-electron chi connectivity index (χ1n) is 10.8. The molecule has 10 nitrogen and oxygen atoms in total. The van der Waals surface area contributed by atoms with Crippen LogP contribution in [0, 0.1) is 10.1 Å². The Hall–Kier alpha value is -3.66. The zero-order valence-electron chi connectivity index (χ0n) is 19.6. The van der Waals surface area contributed by atoms with Crippen molar-refractivity contribution in [2.24, 2.45) is 0 Å². The third-order valence-electron chi connectivity index (χ3n) is 4.79. The molecule has 0 amide bonds. The van der Waals surface area contributed by atoms with Crippen molar-refractivity contribution in [1.82, 2.24) is 4.90 Å². The van der Waals surface area contributed by atoms with E-state index in [4.69, 9.17) is 14.2 Å². The number of carbonyl (C=O) groups excluding carboxylic acids is 2. The molecule has 0 aliphatic heterocycles. The quantitative estimate of drug-likeness (QED) is 0.231. The Kier molecular flexibility index (Phi) is 10.8. The third kappa shape index (κ3) is 9.86. The molecule has 0 N–H and O–H groups in total. The van der Waals surface area contributed by atoms with E-state index in [1.165, 1.54) is 0 Å². The van der Waals surface area contributed by atoms with Crippen molar-refractivity contribution in [3.05, 3.63) is 69.8 Å². The lowest BCUT2D eigenvalue weighted by atomic mass is 10.0. The molecule has 0 heterocycles. The molecule has 184 valence electrons. The molecule has 2 rings (SSSR count). The molecule has 0 saturated carbocycles. The van der Waals surface area contributed by atoms with Crippen LogP contribution in [0.25, 0.3) is 0 Å². The summed E-state index contributed by atoms with van der Waals surface area (Å²) in [6.07, 6.45) is 0.185. The van der Waals surface area contributed by atoms with Crippen LogP contribution in [0.2, 0.25) is 0 Å². The second-order valence-electron chi connectivity index (χ2n) is 7.83. The van der Waals surface area contributed by atoms with E-state index in [1.807, 2.05) is 67.5 Å². The van der Waals surface area contributed by atoms with Gasteiger partial charge in [-0.2, -0.15) is 0 Å². The van der Waals surface area contributed by atoms with Gasteiger partial charge in [0.15, 0.2) is 0 Å². The predicted octanol–water partition coefficient (Wildman–Crippen LogP) is 2.85. The van der Waals surface area contributed by atoms with Crippen LogP contribution >= 0.6 is 0 Å². The van der Waals surface area contributed by atoms with Crippen LogP contribution in [-0.2, 0) is 32.0 Å². The summed E-state index contributed by atoms with van der Waals surface area (Å²) in [4.78, 5) is 39.2. The summed E-state index contributed by atoms with van der Waals surface area (Å²) in [6.45, 7) is 0.510. The highest BCUT2D eigenvalue weighted by Gasteiger charge is 2.19. The van der Waals surface area contributed by atoms with Crippen molar-refractivity contribution in [3.8, 4) is 11.5 Å². The number of benzene rings is 2. The van der Waals surface area contributed by atoms with E-state index < -0.39 is 29.6 Å². The second kappa shape index (κ2) is 13.8. The SMILES string of the molecule is COc1cccc(CCc2ccccc2OCC(CN(C)C)OC(=O)CCC(=O)O[N+](=O)[O-])c1. The minimum absolute atomic E-state index is 0.111. The van der Waals surface area contributed by atoms with Crippen LogP contribution in [0.3, 0.4) is 0 Å². The van der Waals surface area contributed by atoms with Gasteiger partial charge in [0.2, 0.25) is 0 Å². The Labute approximate surface area is 198 Å². The van der Waals surface area contributed by atoms with Crippen LogP contribution in [-0.4, -0.2) is 62.4 Å². The number of likely N-dealkylation sites (N-methyl/N-ethyl adjacent to an activating group) is 1. The number of methoxy groups -OCH3 is 1. The molecule has 10 heteroatoms. The highest BCUT2D eigenvalue weighted by atomic mass is 17.0. The topological polar surface area (TPSA) is 117 Å². The Morgan fingerprint density at radius 1 is 1.03 bits per heavy atom. The molecule has 0 aliphatic carbocycles. The van der Waals surface area contributed by atoms with E-state index in [9.17, 15) is 19.7 Å². The zero-order chi connectivity index (χ0) is 24.9. The fourth-order valence-corrected chi connectivity index (χ4v) is 3.25. The number of ether oxygens (including phenoxy) is 3. The average Bonchev–Trinajstić information content (AvgIpc) is 2.79. The molecule has 0 aliphatic rings. The van der Waals surface area contributed by atoms with E-state index in [1.54, 1.807) is 7.11 Å². The molecule has 1 atom stereocenters. The molecule has 0 bridgehead atoms. The average molecular weight is 475 g/mol. The molecule has 0 radical (unpaired) electrons. The molecule has 1 unspecified atom stereocenters. The normalized spacial score (nSPS) is 11.5. The minimum Gasteiger partial charge on any atom is -0.497 e. The first-order valence-corrected chi connectivity index (χ1v) is 10.8. The molecule has 0 saturated heterocycles. The van der Waals surface area contributed by atoms with Crippen molar-refractivity contribution >= 4 is 11.9 Å². The van der Waals surface area contributed by atoms with Crippen molar-refractivity contribution in [2.75, 3.05) is 34.4 Å². The predicted molar refractivity (Wildman–Crippen MR) is 123 cm³/mol. The van der Waals surface area contributed by atoms with Crippen LogP contribution in [0.5, 0.6) is 11.5 Å². The summed E-state index contributed by atoms with van der Waals surface area (Å²) in [6, 6.07) is 15.6. The lowest BCUT2D eigenvalue weighted by Crippen LogP contribution is -2.35. The van der Waals surface area contributed by atoms with E-state index in [0.717, 1.165) is 29.7 Å². The number of carbonyl (C=O) groups is 2. The number of esters is 1. The second-order valence-corrected chi connectivity index (χ2v) is 7.83. The first-order chi connectivity index (χ1) is 16.3. The van der Waals surface area contributed by atoms with Gasteiger partial charge in [0, 0.05) is 13.0 Å². The van der Waals surface area contributed by atoms with E-state index in [-0.39, 0.29) is 13.0 Å². The Morgan fingerprint density at radius 3 is 2.47 bits per heavy atom. The van der Waals surface area contributed by atoms with Gasteiger partial charge in [0.25, 0.3) is 0 Å². The maximum Gasteiger partial charge on any atom is 0.306 e. The van der Waals surface area contributed by atoms with Gasteiger partial charge in [-0.15, -0.1) is 10.1 Å². The molecule has 2 aromatic carbocycles. The number of aryl methyl sites for hydroxylation is 2. The Bertz CT molecular complexity index is 963. The van der Waals surface area contributed by atoms with Gasteiger partial charge in [-0.25, -0.2) is 4.84 Å². The van der Waals surface area contributed by atoms with E-state index >= 15 is 0 Å². The Balaban J connectivity index is 1.94. The number of para-hydroxylation sites is 1. The fraction of sp³-hybridized carbons (Fsp3) is 0.417. The number of rotatable bonds is 14. The number of hydrogen-bond donors (Lipinski definition) is 0. The van der Waals surface area contributed by atoms with Crippen molar-refractivity contribution in [3.63, 3.8) is 0 Å². The molecular weight excluding hydrogens is 444 g/mol. The van der Waals surface area contributed by atoms with Crippen molar-refractivity contribution < 1.29 is 33.7 Å². The van der Waals surface area contributed by atoms with E-state index in [2.05, 4.69) is 4.84 Å². The van der Waals surface area contributed by atoms with Gasteiger partial charge in [0.1, 0.15) is 24.2 Å². The number of hydrogen-bond acceptors (Lipinski definition) is 9. The van der Waals surface area contributed by atoms with Crippen LogP contribution in [0.1, 0.15) is 24.0 Å². The lowest BCUT2D eigenvalue weighted by molar-refractivity contribution is -0.729. The highest BCUT2D eigenvalue weighted by molar-refractivity contribution is 5.77. The number of nitrogens with zero attached hydrogens (tertiary/aromatic N) is 2. The standard InChI is InChI=1S/C24H30N2O8/c1-25(2)16-21(33-23(27)13-14-24(28)34-26(29)30)17-32-22-10-5-4-8-19(22)12-11-18-7-6-9-20(15-18)31-3/h4-10,15,21H,11-14,16-17H2,1-3H3. The molecule has 0 fully saturated rings. The van der Waals surface area contributed by atoms with Gasteiger partial charge >= 0.3 is 17.0 Å². The van der Waals surface area contributed by atoms with Crippen LogP contribution < -0.4 is 9.47 Å². The van der Waals surface area contributed by atoms with Crippen LogP contribution in [0.4, 0.5) is 0 Å². The largest absolute Gasteiger partial charge is 0.497 e. The van der Waals surface area contributed by atoms with Crippen molar-refractivity contribution in [2.45, 2.75) is 31.8 Å². The zero-order valence-corrected chi connectivity index (χ0v) is 19.6. The maximum absolute atomic E-state index is 12.1. The Morgan fingerprint density at radius 2 is 1.76 bits per heavy atom. The molecule has 2 aromatic rings. The maximum atomic E-state index is 12.1. The molecule has 0 spiro atoms. The van der Waals surface area contributed by atoms with E-state index in [0.29, 0.717) is 12.3 Å². The molecular formula is C24H30N2O8. The summed E-state index contributed by atoms with van der Waals surface area (Å²) in [5.74, 6) is -0.267. The summed E-state index contributed by atoms with van der Waals surface area (Å²) in [5, 5.41) is 8.97. The van der Waals surface area contributed by atoms with Gasteiger partial charge in [-0.1, -0.05) is 30.3 Å². The summed E-state index contributed by atoms with van der Waals surface area (Å²) >= 11 is 0. The van der Waals surface area contributed by atoms with Crippen molar-refractivity contribution in [1.29, 1.82) is 0 Å². The van der Waals surface area contributed by atoms with Gasteiger partial charge in [-0.05, 0) is 56.3 Å². The van der Waals surface area contributed by atoms with Gasteiger partial charge in [-0.3, -0.25) is 9.59 Å². The third-order valence-corrected chi connectivity index (χ3v) is 4.79. The molecule has 34 heavy (non-hydrogen) atoms. The smallest absolute Gasteiger partial charge is 0.306 e. The van der Waals surface area contributed by atoms with Crippen LogP contribution in [0.15, 0.2) is 48.5 Å². The summed E-state index contributed by atoms with van der Waals surface area (Å²) in [7, 11) is 5.30. The fourth-order valence-electron chi connectivity index (χ4n) is 3.25.